The molecule has 19 heavy (non-hydrogen) atoms. The summed E-state index contributed by atoms with van der Waals surface area (Å²) in [5.74, 6) is 0. The first-order chi connectivity index (χ1) is 9.11. The normalized spacial score (nSPS) is 27.0. The SMILES string of the molecule is CCN1CCC(CN)(N2CCC(N(C)C)CC2)CC1. The molecule has 2 rings (SSSR count). The topological polar surface area (TPSA) is 35.7 Å². The molecule has 112 valence electrons. The van der Waals surface area contributed by atoms with Gasteiger partial charge in [0.15, 0.2) is 0 Å². The average molecular weight is 268 g/mol. The Kier molecular flexibility index (Phi) is 5.23. The third-order valence-corrected chi connectivity index (χ3v) is 5.48. The summed E-state index contributed by atoms with van der Waals surface area (Å²) < 4.78 is 0. The molecule has 0 bridgehead atoms. The van der Waals surface area contributed by atoms with E-state index in [1.54, 1.807) is 0 Å². The highest BCUT2D eigenvalue weighted by molar-refractivity contribution is 4.98. The number of hydrogen-bond donors (Lipinski definition) is 1. The van der Waals surface area contributed by atoms with Gasteiger partial charge in [-0.3, -0.25) is 4.90 Å². The molecule has 2 heterocycles. The van der Waals surface area contributed by atoms with Crippen LogP contribution < -0.4 is 5.73 Å². The fourth-order valence-corrected chi connectivity index (χ4v) is 3.79. The van der Waals surface area contributed by atoms with Crippen LogP contribution >= 0.6 is 0 Å². The predicted molar refractivity (Wildman–Crippen MR) is 81.4 cm³/mol. The second-order valence-corrected chi connectivity index (χ2v) is 6.54. The monoisotopic (exact) mass is 268 g/mol. The molecule has 0 amide bonds. The van der Waals surface area contributed by atoms with Crippen molar-refractivity contribution in [3.05, 3.63) is 0 Å². The minimum Gasteiger partial charge on any atom is -0.329 e. The van der Waals surface area contributed by atoms with Crippen molar-refractivity contribution < 1.29 is 0 Å². The Morgan fingerprint density at radius 3 is 2.11 bits per heavy atom. The van der Waals surface area contributed by atoms with E-state index >= 15 is 0 Å². The van der Waals surface area contributed by atoms with E-state index in [4.69, 9.17) is 5.73 Å². The lowest BCUT2D eigenvalue weighted by Crippen LogP contribution is -2.61. The van der Waals surface area contributed by atoms with E-state index in [-0.39, 0.29) is 0 Å². The largest absolute Gasteiger partial charge is 0.329 e. The second-order valence-electron chi connectivity index (χ2n) is 6.54. The zero-order chi connectivity index (χ0) is 13.9. The van der Waals surface area contributed by atoms with Gasteiger partial charge in [0.25, 0.3) is 0 Å². The van der Waals surface area contributed by atoms with Crippen molar-refractivity contribution in [1.29, 1.82) is 0 Å². The fourth-order valence-electron chi connectivity index (χ4n) is 3.79. The smallest absolute Gasteiger partial charge is 0.0356 e. The molecule has 0 unspecified atom stereocenters. The molecule has 0 spiro atoms. The molecule has 2 aliphatic heterocycles. The van der Waals surface area contributed by atoms with Crippen LogP contribution in [-0.4, -0.2) is 79.6 Å². The Balaban J connectivity index is 1.92. The van der Waals surface area contributed by atoms with E-state index in [1.165, 1.54) is 58.4 Å². The maximum atomic E-state index is 6.18. The van der Waals surface area contributed by atoms with E-state index < -0.39 is 0 Å². The van der Waals surface area contributed by atoms with Gasteiger partial charge >= 0.3 is 0 Å². The van der Waals surface area contributed by atoms with Crippen LogP contribution in [0.1, 0.15) is 32.6 Å². The number of rotatable bonds is 4. The van der Waals surface area contributed by atoms with Crippen LogP contribution in [0.15, 0.2) is 0 Å². The van der Waals surface area contributed by atoms with Gasteiger partial charge in [0.05, 0.1) is 0 Å². The fraction of sp³-hybridized carbons (Fsp3) is 1.00. The summed E-state index contributed by atoms with van der Waals surface area (Å²) in [6.07, 6.45) is 5.10. The molecule has 0 aromatic rings. The van der Waals surface area contributed by atoms with E-state index in [2.05, 4.69) is 35.7 Å². The number of likely N-dealkylation sites (tertiary alicyclic amines) is 2. The zero-order valence-corrected chi connectivity index (χ0v) is 13.1. The summed E-state index contributed by atoms with van der Waals surface area (Å²) in [5, 5.41) is 0. The van der Waals surface area contributed by atoms with Gasteiger partial charge < -0.3 is 15.5 Å². The van der Waals surface area contributed by atoms with Crippen LogP contribution in [0, 0.1) is 0 Å². The Hall–Kier alpha value is -0.160. The maximum Gasteiger partial charge on any atom is 0.0356 e. The first kappa shape index (κ1) is 15.2. The molecular weight excluding hydrogens is 236 g/mol. The highest BCUT2D eigenvalue weighted by Crippen LogP contribution is 2.31. The van der Waals surface area contributed by atoms with Gasteiger partial charge in [0, 0.05) is 31.2 Å². The van der Waals surface area contributed by atoms with Crippen molar-refractivity contribution in [2.45, 2.75) is 44.2 Å². The van der Waals surface area contributed by atoms with E-state index in [0.29, 0.717) is 5.54 Å². The van der Waals surface area contributed by atoms with Crippen LogP contribution in [0.5, 0.6) is 0 Å². The maximum absolute atomic E-state index is 6.18. The van der Waals surface area contributed by atoms with Gasteiger partial charge in [-0.25, -0.2) is 0 Å². The van der Waals surface area contributed by atoms with Crippen LogP contribution in [0.25, 0.3) is 0 Å². The Labute approximate surface area is 118 Å². The third-order valence-electron chi connectivity index (χ3n) is 5.48. The standard InChI is InChI=1S/C15H32N4/c1-4-18-11-7-15(13-16,8-12-18)19-9-5-14(6-10-19)17(2)3/h14H,4-13,16H2,1-3H3. The number of nitrogens with two attached hydrogens (primary N) is 1. The minimum absolute atomic E-state index is 0.295. The van der Waals surface area contributed by atoms with Crippen molar-refractivity contribution >= 4 is 0 Å². The second kappa shape index (κ2) is 6.53. The Morgan fingerprint density at radius 2 is 1.68 bits per heavy atom. The van der Waals surface area contributed by atoms with Crippen LogP contribution in [0.3, 0.4) is 0 Å². The Bertz CT molecular complexity index is 263. The minimum atomic E-state index is 0.295. The predicted octanol–water partition coefficient (Wildman–Crippen LogP) is 0.826. The molecule has 2 aliphatic rings. The van der Waals surface area contributed by atoms with Gasteiger partial charge in [-0.2, -0.15) is 0 Å². The van der Waals surface area contributed by atoms with Crippen molar-refractivity contribution in [1.82, 2.24) is 14.7 Å². The first-order valence-corrected chi connectivity index (χ1v) is 7.95. The molecule has 0 aromatic carbocycles. The molecule has 0 aliphatic carbocycles. The number of hydrogen-bond acceptors (Lipinski definition) is 4. The molecular formula is C15H32N4. The molecule has 0 atom stereocenters. The number of nitrogens with zero attached hydrogens (tertiary/aromatic N) is 3. The van der Waals surface area contributed by atoms with E-state index in [1.807, 2.05) is 0 Å². The van der Waals surface area contributed by atoms with Gasteiger partial charge in [0.1, 0.15) is 0 Å². The molecule has 4 nitrogen and oxygen atoms in total. The summed E-state index contributed by atoms with van der Waals surface area (Å²) in [6, 6.07) is 0.766. The molecule has 4 heteroatoms. The first-order valence-electron chi connectivity index (χ1n) is 7.95. The van der Waals surface area contributed by atoms with Crippen LogP contribution in [0.4, 0.5) is 0 Å². The highest BCUT2D eigenvalue weighted by atomic mass is 15.3. The summed E-state index contributed by atoms with van der Waals surface area (Å²) in [6.45, 7) is 9.18. The van der Waals surface area contributed by atoms with Gasteiger partial charge in [0.2, 0.25) is 0 Å². The van der Waals surface area contributed by atoms with Gasteiger partial charge in [-0.15, -0.1) is 0 Å². The van der Waals surface area contributed by atoms with Crippen molar-refractivity contribution in [2.75, 3.05) is 53.4 Å². The van der Waals surface area contributed by atoms with Crippen LogP contribution in [0.2, 0.25) is 0 Å². The highest BCUT2D eigenvalue weighted by Gasteiger charge is 2.39. The molecule has 0 aromatic heterocycles. The van der Waals surface area contributed by atoms with E-state index in [9.17, 15) is 0 Å². The van der Waals surface area contributed by atoms with Crippen LogP contribution in [-0.2, 0) is 0 Å². The summed E-state index contributed by atoms with van der Waals surface area (Å²) in [4.78, 5) is 7.65. The van der Waals surface area contributed by atoms with Crippen molar-refractivity contribution in [3.63, 3.8) is 0 Å². The molecule has 2 fully saturated rings. The molecule has 0 radical (unpaired) electrons. The summed E-state index contributed by atoms with van der Waals surface area (Å²) in [7, 11) is 4.41. The van der Waals surface area contributed by atoms with Crippen molar-refractivity contribution in [2.24, 2.45) is 5.73 Å². The molecule has 0 saturated carbocycles. The third kappa shape index (κ3) is 3.30. The summed E-state index contributed by atoms with van der Waals surface area (Å²) in [5.41, 5.74) is 6.47. The lowest BCUT2D eigenvalue weighted by molar-refractivity contribution is 0.000967. The zero-order valence-electron chi connectivity index (χ0n) is 13.1. The number of piperidine rings is 2. The lowest BCUT2D eigenvalue weighted by Gasteiger charge is -2.51. The average Bonchev–Trinajstić information content (AvgIpc) is 2.47. The van der Waals surface area contributed by atoms with Gasteiger partial charge in [-0.05, 0) is 59.4 Å². The quantitative estimate of drug-likeness (QED) is 0.819. The summed E-state index contributed by atoms with van der Waals surface area (Å²) >= 11 is 0. The lowest BCUT2D eigenvalue weighted by atomic mass is 9.83. The molecule has 2 saturated heterocycles. The molecule has 2 N–H and O–H groups in total. The van der Waals surface area contributed by atoms with Crippen molar-refractivity contribution in [3.8, 4) is 0 Å². The van der Waals surface area contributed by atoms with E-state index in [0.717, 1.165) is 12.6 Å². The Morgan fingerprint density at radius 1 is 1.11 bits per heavy atom. The van der Waals surface area contributed by atoms with Gasteiger partial charge in [-0.1, -0.05) is 6.92 Å².